The molecule has 10 aliphatic rings. The molecule has 12 unspecified atom stereocenters. The minimum atomic E-state index is 0.877. The van der Waals surface area contributed by atoms with E-state index in [0.717, 1.165) is 89.9 Å². The van der Waals surface area contributed by atoms with Crippen LogP contribution < -0.4 is 0 Å². The largest absolute Gasteiger partial charge is 0.294 e. The van der Waals surface area contributed by atoms with E-state index in [2.05, 4.69) is 14.7 Å². The first-order valence-corrected chi connectivity index (χ1v) is 21.7. The van der Waals surface area contributed by atoms with Gasteiger partial charge in [0.15, 0.2) is 0 Å². The van der Waals surface area contributed by atoms with E-state index in [9.17, 15) is 0 Å². The van der Waals surface area contributed by atoms with Crippen molar-refractivity contribution in [2.24, 2.45) is 35.5 Å². The first-order chi connectivity index (χ1) is 22.3. The Hall–Kier alpha value is -0.120. The quantitative estimate of drug-likeness (QED) is 0.313. The standard InChI is InChI=1S/C42H69N3/c1-7-19-37-31(13-1)32-14-2-8-20-38(32)43(37)28-25-29(44-39-21-9-3-15-33(39)34-16-4-10-22-40(34)44)27-30(26-28)45-41-23-11-5-17-35(41)36-18-6-12-24-42(36)45/h28-42H,1-27H2. The van der Waals surface area contributed by atoms with Gasteiger partial charge >= 0.3 is 0 Å². The van der Waals surface area contributed by atoms with Gasteiger partial charge in [-0.1, -0.05) is 77.0 Å². The van der Waals surface area contributed by atoms with E-state index in [4.69, 9.17) is 0 Å². The summed E-state index contributed by atoms with van der Waals surface area (Å²) in [4.78, 5) is 10.2. The molecule has 7 saturated carbocycles. The molecule has 10 fully saturated rings. The molecule has 3 nitrogen and oxygen atoms in total. The van der Waals surface area contributed by atoms with Crippen molar-refractivity contribution in [3.63, 3.8) is 0 Å². The molecule has 3 aliphatic heterocycles. The first-order valence-electron chi connectivity index (χ1n) is 21.7. The van der Waals surface area contributed by atoms with Gasteiger partial charge in [0.05, 0.1) is 0 Å². The molecule has 0 N–H and O–H groups in total. The highest BCUT2D eigenvalue weighted by Crippen LogP contribution is 2.57. The molecule has 0 aromatic rings. The third-order valence-corrected chi connectivity index (χ3v) is 17.5. The Morgan fingerprint density at radius 2 is 0.400 bits per heavy atom. The Balaban J connectivity index is 1.02. The molecule has 3 saturated heterocycles. The zero-order chi connectivity index (χ0) is 29.5. The Bertz CT molecular complexity index is 843. The van der Waals surface area contributed by atoms with E-state index in [-0.39, 0.29) is 0 Å². The van der Waals surface area contributed by atoms with Crippen molar-refractivity contribution in [3.05, 3.63) is 0 Å². The molecule has 45 heavy (non-hydrogen) atoms. The van der Waals surface area contributed by atoms with Gasteiger partial charge in [0.1, 0.15) is 0 Å². The second-order valence-corrected chi connectivity index (χ2v) is 19.1. The topological polar surface area (TPSA) is 9.72 Å². The van der Waals surface area contributed by atoms with Crippen molar-refractivity contribution in [3.8, 4) is 0 Å². The summed E-state index contributed by atoms with van der Waals surface area (Å²) in [5.41, 5.74) is 0. The summed E-state index contributed by atoms with van der Waals surface area (Å²) in [7, 11) is 0. The second-order valence-electron chi connectivity index (χ2n) is 19.1. The third kappa shape index (κ3) is 4.86. The van der Waals surface area contributed by atoms with Crippen LogP contribution in [0, 0.1) is 35.5 Å². The van der Waals surface area contributed by atoms with Crippen molar-refractivity contribution in [1.82, 2.24) is 14.7 Å². The normalized spacial score (nSPS) is 54.0. The molecule has 0 spiro atoms. The molecule has 3 heteroatoms. The summed E-state index contributed by atoms with van der Waals surface area (Å²) in [5.74, 6) is 6.32. The van der Waals surface area contributed by atoms with E-state index in [0.29, 0.717) is 0 Å². The molecule has 252 valence electrons. The second kappa shape index (κ2) is 12.3. The lowest BCUT2D eigenvalue weighted by molar-refractivity contribution is -0.0372. The van der Waals surface area contributed by atoms with Crippen molar-refractivity contribution in [1.29, 1.82) is 0 Å². The van der Waals surface area contributed by atoms with Gasteiger partial charge in [0.2, 0.25) is 0 Å². The predicted molar refractivity (Wildman–Crippen MR) is 185 cm³/mol. The van der Waals surface area contributed by atoms with Crippen LogP contribution in [0.2, 0.25) is 0 Å². The molecular weight excluding hydrogens is 546 g/mol. The van der Waals surface area contributed by atoms with Gasteiger partial charge in [-0.15, -0.1) is 0 Å². The Kier molecular flexibility index (Phi) is 8.16. The maximum absolute atomic E-state index is 3.40. The van der Waals surface area contributed by atoms with Gasteiger partial charge in [-0.3, -0.25) is 14.7 Å². The average molecular weight is 616 g/mol. The van der Waals surface area contributed by atoms with Crippen LogP contribution in [0.3, 0.4) is 0 Å². The van der Waals surface area contributed by atoms with E-state index in [1.165, 1.54) is 77.0 Å². The molecule has 0 aromatic carbocycles. The minimum Gasteiger partial charge on any atom is -0.294 e. The lowest BCUT2D eigenvalue weighted by Crippen LogP contribution is -2.60. The summed E-state index contributed by atoms with van der Waals surface area (Å²) in [5, 5.41) is 0. The van der Waals surface area contributed by atoms with Gasteiger partial charge in [0, 0.05) is 54.4 Å². The average Bonchev–Trinajstić information content (AvgIpc) is 3.74. The fourth-order valence-corrected chi connectivity index (χ4v) is 16.4. The zero-order valence-electron chi connectivity index (χ0n) is 29.1. The van der Waals surface area contributed by atoms with Crippen molar-refractivity contribution < 1.29 is 0 Å². The van der Waals surface area contributed by atoms with Crippen molar-refractivity contribution >= 4 is 0 Å². The maximum atomic E-state index is 3.40. The summed E-state index contributed by atoms with van der Waals surface area (Å²) >= 11 is 0. The van der Waals surface area contributed by atoms with Gasteiger partial charge in [-0.2, -0.15) is 0 Å². The van der Waals surface area contributed by atoms with Crippen LogP contribution in [0.15, 0.2) is 0 Å². The van der Waals surface area contributed by atoms with Crippen molar-refractivity contribution in [2.45, 2.75) is 228 Å². The maximum Gasteiger partial charge on any atom is 0.0133 e. The van der Waals surface area contributed by atoms with Crippen LogP contribution in [-0.2, 0) is 0 Å². The predicted octanol–water partition coefficient (Wildman–Crippen LogP) is 9.58. The lowest BCUT2D eigenvalue weighted by atomic mass is 9.73. The smallest absolute Gasteiger partial charge is 0.0133 e. The fourth-order valence-electron chi connectivity index (χ4n) is 16.4. The number of fused-ring (bicyclic) bond motifs is 9. The summed E-state index contributed by atoms with van der Waals surface area (Å²) in [6.45, 7) is 0. The summed E-state index contributed by atoms with van der Waals surface area (Å²) in [6.07, 6.45) is 41.7. The van der Waals surface area contributed by atoms with E-state index < -0.39 is 0 Å². The van der Waals surface area contributed by atoms with Gasteiger partial charge < -0.3 is 0 Å². The monoisotopic (exact) mass is 616 g/mol. The van der Waals surface area contributed by atoms with E-state index >= 15 is 0 Å². The van der Waals surface area contributed by atoms with Crippen molar-refractivity contribution in [2.75, 3.05) is 0 Å². The molecule has 12 atom stereocenters. The number of nitrogens with zero attached hydrogens (tertiary/aromatic N) is 3. The molecule has 10 rings (SSSR count). The molecule has 3 heterocycles. The van der Waals surface area contributed by atoms with E-state index in [1.54, 1.807) is 96.3 Å². The molecule has 0 radical (unpaired) electrons. The SMILES string of the molecule is C1CCC2C(C1)C1CCCCC1N2C1CC(N2C3CCCCC3C3CCCCC32)CC(N2C3CCCCC3C3CCCCC32)C1. The number of hydrogen-bond acceptors (Lipinski definition) is 3. The third-order valence-electron chi connectivity index (χ3n) is 17.5. The van der Waals surface area contributed by atoms with Crippen LogP contribution >= 0.6 is 0 Å². The van der Waals surface area contributed by atoms with Gasteiger partial charge in [0.25, 0.3) is 0 Å². The van der Waals surface area contributed by atoms with Gasteiger partial charge in [-0.25, -0.2) is 0 Å². The molecule has 0 amide bonds. The number of rotatable bonds is 3. The highest BCUT2D eigenvalue weighted by Gasteiger charge is 2.59. The van der Waals surface area contributed by atoms with Gasteiger partial charge in [-0.05, 0) is 132 Å². The highest BCUT2D eigenvalue weighted by molar-refractivity contribution is 5.13. The molecule has 0 bridgehead atoms. The minimum absolute atomic E-state index is 0.877. The van der Waals surface area contributed by atoms with Crippen LogP contribution in [-0.4, -0.2) is 69.1 Å². The van der Waals surface area contributed by atoms with Crippen LogP contribution in [0.25, 0.3) is 0 Å². The molecular formula is C42H69N3. The lowest BCUT2D eigenvalue weighted by Gasteiger charge is -2.53. The number of hydrogen-bond donors (Lipinski definition) is 0. The Labute approximate surface area is 277 Å². The molecule has 0 aromatic heterocycles. The first kappa shape index (κ1) is 29.8. The zero-order valence-corrected chi connectivity index (χ0v) is 29.1. The Morgan fingerprint density at radius 3 is 0.600 bits per heavy atom. The fraction of sp³-hybridized carbons (Fsp3) is 1.00. The highest BCUT2D eigenvalue weighted by atomic mass is 15.3. The van der Waals surface area contributed by atoms with Crippen LogP contribution in [0.1, 0.15) is 173 Å². The molecule has 7 aliphatic carbocycles. The summed E-state index contributed by atoms with van der Waals surface area (Å²) < 4.78 is 0. The number of likely N-dealkylation sites (tertiary alicyclic amines) is 3. The van der Waals surface area contributed by atoms with Crippen LogP contribution in [0.5, 0.6) is 0 Å². The Morgan fingerprint density at radius 1 is 0.222 bits per heavy atom. The van der Waals surface area contributed by atoms with Crippen LogP contribution in [0.4, 0.5) is 0 Å². The van der Waals surface area contributed by atoms with E-state index in [1.807, 2.05) is 0 Å². The summed E-state index contributed by atoms with van der Waals surface area (Å²) in [6, 6.07) is 8.31.